The van der Waals surface area contributed by atoms with E-state index < -0.39 is 11.7 Å². The number of amides is 1. The monoisotopic (exact) mass is 351 g/mol. The predicted molar refractivity (Wildman–Crippen MR) is 87.6 cm³/mol. The lowest BCUT2D eigenvalue weighted by molar-refractivity contribution is -0.137. The van der Waals surface area contributed by atoms with Crippen molar-refractivity contribution >= 4 is 5.91 Å². The highest BCUT2D eigenvalue weighted by Crippen LogP contribution is 2.30. The van der Waals surface area contributed by atoms with Crippen LogP contribution in [0.1, 0.15) is 41.4 Å². The maximum atomic E-state index is 12.9. The molecule has 0 N–H and O–H groups in total. The third-order valence-electron chi connectivity index (χ3n) is 4.73. The number of rotatable bonds is 2. The van der Waals surface area contributed by atoms with E-state index in [-0.39, 0.29) is 5.91 Å². The Balaban J connectivity index is 1.88. The summed E-state index contributed by atoms with van der Waals surface area (Å²) in [4.78, 5) is 14.5. The zero-order valence-electron chi connectivity index (χ0n) is 14.2. The molecule has 1 saturated heterocycles. The molecule has 0 bridgehead atoms. The first-order valence-electron chi connectivity index (χ1n) is 8.29. The molecule has 1 aromatic carbocycles. The van der Waals surface area contributed by atoms with Gasteiger partial charge >= 0.3 is 6.18 Å². The number of nitrogens with zero attached hydrogens (tertiary/aromatic N) is 3. The van der Waals surface area contributed by atoms with Crippen LogP contribution in [0.25, 0.3) is 5.69 Å². The van der Waals surface area contributed by atoms with Crippen LogP contribution >= 0.6 is 0 Å². The highest BCUT2D eigenvalue weighted by Gasteiger charge is 2.31. The zero-order valence-corrected chi connectivity index (χ0v) is 14.2. The Morgan fingerprint density at radius 2 is 1.92 bits per heavy atom. The molecule has 0 aliphatic carbocycles. The van der Waals surface area contributed by atoms with Crippen molar-refractivity contribution in [1.82, 2.24) is 14.7 Å². The SMILES string of the molecule is Cc1c(C(=O)N2CCC(C)CC2)cnn1-c1cccc(C(F)(F)F)c1. The first-order valence-corrected chi connectivity index (χ1v) is 8.29. The van der Waals surface area contributed by atoms with Crippen LogP contribution in [0.4, 0.5) is 13.2 Å². The van der Waals surface area contributed by atoms with E-state index in [2.05, 4.69) is 12.0 Å². The van der Waals surface area contributed by atoms with Crippen LogP contribution in [0.3, 0.4) is 0 Å². The maximum Gasteiger partial charge on any atom is 0.416 e. The topological polar surface area (TPSA) is 38.1 Å². The van der Waals surface area contributed by atoms with E-state index in [9.17, 15) is 18.0 Å². The third kappa shape index (κ3) is 3.55. The molecular formula is C18H20F3N3O. The summed E-state index contributed by atoms with van der Waals surface area (Å²) in [5, 5.41) is 4.14. The van der Waals surface area contributed by atoms with Gasteiger partial charge in [0.2, 0.25) is 0 Å². The molecule has 1 fully saturated rings. The Hall–Kier alpha value is -2.31. The smallest absolute Gasteiger partial charge is 0.339 e. The fourth-order valence-corrected chi connectivity index (χ4v) is 3.08. The van der Waals surface area contributed by atoms with Crippen LogP contribution in [0.5, 0.6) is 0 Å². The van der Waals surface area contributed by atoms with Gasteiger partial charge < -0.3 is 4.90 Å². The second kappa shape index (κ2) is 6.54. The molecule has 3 rings (SSSR count). The van der Waals surface area contributed by atoms with Crippen molar-refractivity contribution in [3.05, 3.63) is 47.3 Å². The molecule has 0 atom stereocenters. The van der Waals surface area contributed by atoms with Crippen LogP contribution < -0.4 is 0 Å². The number of hydrogen-bond acceptors (Lipinski definition) is 2. The number of hydrogen-bond donors (Lipinski definition) is 0. The first-order chi connectivity index (χ1) is 11.8. The number of alkyl halides is 3. The molecule has 1 aromatic heterocycles. The standard InChI is InChI=1S/C18H20F3N3O/c1-12-6-8-23(9-7-12)17(25)16-11-22-24(13(16)2)15-5-3-4-14(10-15)18(19,20)21/h3-5,10-12H,6-9H2,1-2H3. The van der Waals surface area contributed by atoms with Gasteiger partial charge in [-0.3, -0.25) is 4.79 Å². The molecule has 134 valence electrons. The summed E-state index contributed by atoms with van der Waals surface area (Å²) in [6, 6.07) is 4.94. The summed E-state index contributed by atoms with van der Waals surface area (Å²) in [6.07, 6.45) is -1.05. The van der Waals surface area contributed by atoms with E-state index in [1.807, 2.05) is 0 Å². The quantitative estimate of drug-likeness (QED) is 0.818. The Morgan fingerprint density at radius 1 is 1.24 bits per heavy atom. The highest BCUT2D eigenvalue weighted by molar-refractivity contribution is 5.95. The van der Waals surface area contributed by atoms with Gasteiger partial charge in [0, 0.05) is 13.1 Å². The van der Waals surface area contributed by atoms with Crippen molar-refractivity contribution in [2.24, 2.45) is 5.92 Å². The number of carbonyl (C=O) groups is 1. The molecule has 0 unspecified atom stereocenters. The van der Waals surface area contributed by atoms with Gasteiger partial charge in [-0.2, -0.15) is 18.3 Å². The van der Waals surface area contributed by atoms with Crippen molar-refractivity contribution < 1.29 is 18.0 Å². The Morgan fingerprint density at radius 3 is 2.56 bits per heavy atom. The van der Waals surface area contributed by atoms with Crippen molar-refractivity contribution in [2.45, 2.75) is 32.9 Å². The number of carbonyl (C=O) groups excluding carboxylic acids is 1. The molecule has 4 nitrogen and oxygen atoms in total. The molecule has 1 aliphatic rings. The summed E-state index contributed by atoms with van der Waals surface area (Å²) < 4.78 is 40.1. The van der Waals surface area contributed by atoms with Gasteiger partial charge in [-0.25, -0.2) is 4.68 Å². The molecular weight excluding hydrogens is 331 g/mol. The highest BCUT2D eigenvalue weighted by atomic mass is 19.4. The normalized spacial score (nSPS) is 16.3. The number of likely N-dealkylation sites (tertiary alicyclic amines) is 1. The predicted octanol–water partition coefficient (Wildman–Crippen LogP) is 4.07. The summed E-state index contributed by atoms with van der Waals surface area (Å²) in [7, 11) is 0. The van der Waals surface area contributed by atoms with Crippen molar-refractivity contribution in [1.29, 1.82) is 0 Å². The van der Waals surface area contributed by atoms with Gasteiger partial charge in [0.05, 0.1) is 28.7 Å². The van der Waals surface area contributed by atoms with Crippen LogP contribution in [0.2, 0.25) is 0 Å². The molecule has 0 saturated carbocycles. The van der Waals surface area contributed by atoms with Gasteiger partial charge in [0.25, 0.3) is 5.91 Å². The number of aromatic nitrogens is 2. The molecule has 7 heteroatoms. The minimum atomic E-state index is -4.42. The van der Waals surface area contributed by atoms with Crippen molar-refractivity contribution in [2.75, 3.05) is 13.1 Å². The maximum absolute atomic E-state index is 12.9. The molecule has 1 amide bonds. The minimum absolute atomic E-state index is 0.109. The number of piperidine rings is 1. The zero-order chi connectivity index (χ0) is 18.2. The Bertz CT molecular complexity index is 774. The molecule has 2 heterocycles. The first kappa shape index (κ1) is 17.5. The molecule has 2 aromatic rings. The fraction of sp³-hybridized carbons (Fsp3) is 0.444. The van der Waals surface area contributed by atoms with E-state index in [1.54, 1.807) is 17.9 Å². The fourth-order valence-electron chi connectivity index (χ4n) is 3.08. The van der Waals surface area contributed by atoms with Crippen LogP contribution in [-0.2, 0) is 6.18 Å². The lowest BCUT2D eigenvalue weighted by atomic mass is 9.99. The summed E-state index contributed by atoms with van der Waals surface area (Å²) in [6.45, 7) is 5.27. The Kier molecular flexibility index (Phi) is 4.58. The lowest BCUT2D eigenvalue weighted by Gasteiger charge is -2.30. The molecule has 1 aliphatic heterocycles. The second-order valence-corrected chi connectivity index (χ2v) is 6.58. The summed E-state index contributed by atoms with van der Waals surface area (Å²) in [5.41, 5.74) is 0.534. The van der Waals surface area contributed by atoms with Gasteiger partial charge in [0.15, 0.2) is 0 Å². The number of halogens is 3. The molecule has 0 radical (unpaired) electrons. The third-order valence-corrected chi connectivity index (χ3v) is 4.73. The molecule has 25 heavy (non-hydrogen) atoms. The Labute approximate surface area is 144 Å². The second-order valence-electron chi connectivity index (χ2n) is 6.58. The number of benzene rings is 1. The van der Waals surface area contributed by atoms with Gasteiger partial charge in [-0.15, -0.1) is 0 Å². The van der Waals surface area contributed by atoms with E-state index >= 15 is 0 Å². The van der Waals surface area contributed by atoms with E-state index in [0.717, 1.165) is 25.0 Å². The minimum Gasteiger partial charge on any atom is -0.339 e. The van der Waals surface area contributed by atoms with Gasteiger partial charge in [-0.05, 0) is 43.9 Å². The average Bonchev–Trinajstić information content (AvgIpc) is 2.96. The summed E-state index contributed by atoms with van der Waals surface area (Å²) in [5.74, 6) is 0.501. The largest absolute Gasteiger partial charge is 0.416 e. The van der Waals surface area contributed by atoms with Crippen LogP contribution in [0, 0.1) is 12.8 Å². The molecule has 0 spiro atoms. The van der Waals surface area contributed by atoms with Gasteiger partial charge in [-0.1, -0.05) is 13.0 Å². The van der Waals surface area contributed by atoms with Crippen molar-refractivity contribution in [3.63, 3.8) is 0 Å². The van der Waals surface area contributed by atoms with Crippen LogP contribution in [0.15, 0.2) is 30.5 Å². The van der Waals surface area contributed by atoms with E-state index in [4.69, 9.17) is 0 Å². The van der Waals surface area contributed by atoms with Crippen LogP contribution in [-0.4, -0.2) is 33.7 Å². The van der Waals surface area contributed by atoms with E-state index in [1.165, 1.54) is 16.9 Å². The summed E-state index contributed by atoms with van der Waals surface area (Å²) >= 11 is 0. The average molecular weight is 351 g/mol. The lowest BCUT2D eigenvalue weighted by Crippen LogP contribution is -2.38. The van der Waals surface area contributed by atoms with E-state index in [0.29, 0.717) is 36.0 Å². The van der Waals surface area contributed by atoms with Gasteiger partial charge in [0.1, 0.15) is 0 Å². The van der Waals surface area contributed by atoms with Crippen molar-refractivity contribution in [3.8, 4) is 5.69 Å².